The van der Waals surface area contributed by atoms with Crippen LogP contribution in [0.4, 0.5) is 0 Å². The summed E-state index contributed by atoms with van der Waals surface area (Å²) in [5.74, 6) is 0.338. The normalized spacial score (nSPS) is 20.4. The smallest absolute Gasteiger partial charge is 0.227 e. The molecule has 0 aromatic rings. The summed E-state index contributed by atoms with van der Waals surface area (Å²) in [6.07, 6.45) is 4.79. The van der Waals surface area contributed by atoms with E-state index in [0.29, 0.717) is 12.5 Å². The minimum Gasteiger partial charge on any atom is -0.353 e. The van der Waals surface area contributed by atoms with Gasteiger partial charge in [0.15, 0.2) is 0 Å². The fourth-order valence-electron chi connectivity index (χ4n) is 2.68. The van der Waals surface area contributed by atoms with Crippen LogP contribution in [0.2, 0.25) is 0 Å². The Hall–Kier alpha value is -1.10. The van der Waals surface area contributed by atoms with Gasteiger partial charge in [-0.25, -0.2) is 0 Å². The zero-order valence-corrected chi connectivity index (χ0v) is 13.6. The molecule has 2 N–H and O–H groups in total. The van der Waals surface area contributed by atoms with Gasteiger partial charge in [-0.2, -0.15) is 0 Å². The summed E-state index contributed by atoms with van der Waals surface area (Å²) in [4.78, 5) is 26.0. The fraction of sp³-hybridized carbons (Fsp3) is 0.875. The summed E-state index contributed by atoms with van der Waals surface area (Å²) in [5, 5.41) is 6.44. The standard InChI is InChI=1S/C16H29N3O2/c1-16(2,3)15(21)19-10-7-13(8-11-19)18-14(20)6-9-17-12-4-5-12/h12-13,17H,4-11H2,1-3H3,(H,18,20). The number of hydrogen-bond donors (Lipinski definition) is 2. The quantitative estimate of drug-likeness (QED) is 0.803. The number of hydrogen-bond acceptors (Lipinski definition) is 3. The van der Waals surface area contributed by atoms with Crippen molar-refractivity contribution in [3.63, 3.8) is 0 Å². The van der Waals surface area contributed by atoms with E-state index in [1.54, 1.807) is 0 Å². The summed E-state index contributed by atoms with van der Waals surface area (Å²) < 4.78 is 0. The molecule has 5 nitrogen and oxygen atoms in total. The van der Waals surface area contributed by atoms with Crippen molar-refractivity contribution >= 4 is 11.8 Å². The highest BCUT2D eigenvalue weighted by Gasteiger charge is 2.30. The topological polar surface area (TPSA) is 61.4 Å². The highest BCUT2D eigenvalue weighted by Crippen LogP contribution is 2.21. The monoisotopic (exact) mass is 295 g/mol. The molecule has 1 saturated heterocycles. The van der Waals surface area contributed by atoms with Crippen molar-refractivity contribution in [3.8, 4) is 0 Å². The van der Waals surface area contributed by atoms with E-state index in [-0.39, 0.29) is 23.3 Å². The fourth-order valence-corrected chi connectivity index (χ4v) is 2.68. The van der Waals surface area contributed by atoms with E-state index in [1.807, 2.05) is 25.7 Å². The van der Waals surface area contributed by atoms with Gasteiger partial charge in [0.05, 0.1) is 0 Å². The molecule has 2 amide bonds. The number of carbonyl (C=O) groups is 2. The molecule has 1 heterocycles. The summed E-state index contributed by atoms with van der Waals surface area (Å²) in [6, 6.07) is 0.881. The molecule has 1 saturated carbocycles. The largest absolute Gasteiger partial charge is 0.353 e. The maximum absolute atomic E-state index is 12.2. The third-order valence-corrected chi connectivity index (χ3v) is 4.15. The van der Waals surface area contributed by atoms with Crippen LogP contribution in [0.1, 0.15) is 52.9 Å². The Kier molecular flexibility index (Phi) is 5.25. The molecule has 0 atom stereocenters. The molecule has 2 fully saturated rings. The van der Waals surface area contributed by atoms with E-state index in [9.17, 15) is 9.59 Å². The van der Waals surface area contributed by atoms with Gasteiger partial charge in [-0.15, -0.1) is 0 Å². The summed E-state index contributed by atoms with van der Waals surface area (Å²) >= 11 is 0. The molecule has 0 bridgehead atoms. The maximum Gasteiger partial charge on any atom is 0.227 e. The van der Waals surface area contributed by atoms with Gasteiger partial charge in [-0.05, 0) is 25.7 Å². The van der Waals surface area contributed by atoms with Gasteiger partial charge in [-0.1, -0.05) is 20.8 Å². The van der Waals surface area contributed by atoms with E-state index in [1.165, 1.54) is 12.8 Å². The van der Waals surface area contributed by atoms with Crippen molar-refractivity contribution in [1.29, 1.82) is 0 Å². The lowest BCUT2D eigenvalue weighted by Crippen LogP contribution is -2.49. The Balaban J connectivity index is 1.63. The van der Waals surface area contributed by atoms with Crippen LogP contribution in [0.3, 0.4) is 0 Å². The summed E-state index contributed by atoms with van der Waals surface area (Å²) in [7, 11) is 0. The number of carbonyl (C=O) groups excluding carboxylic acids is 2. The van der Waals surface area contributed by atoms with Crippen LogP contribution < -0.4 is 10.6 Å². The van der Waals surface area contributed by atoms with Crippen molar-refractivity contribution in [2.75, 3.05) is 19.6 Å². The molecule has 2 aliphatic rings. The van der Waals surface area contributed by atoms with Crippen molar-refractivity contribution < 1.29 is 9.59 Å². The molecule has 1 aliphatic carbocycles. The molecule has 0 aromatic carbocycles. The Morgan fingerprint density at radius 1 is 1.05 bits per heavy atom. The van der Waals surface area contributed by atoms with Crippen LogP contribution in [-0.2, 0) is 9.59 Å². The zero-order valence-electron chi connectivity index (χ0n) is 13.6. The van der Waals surface area contributed by atoms with Crippen LogP contribution in [0, 0.1) is 5.41 Å². The lowest BCUT2D eigenvalue weighted by molar-refractivity contribution is -0.140. The Labute approximate surface area is 127 Å². The van der Waals surface area contributed by atoms with Crippen LogP contribution in [0.25, 0.3) is 0 Å². The second-order valence-corrected chi connectivity index (χ2v) is 7.36. The molecular formula is C16H29N3O2. The molecule has 0 spiro atoms. The number of rotatable bonds is 5. The average molecular weight is 295 g/mol. The Morgan fingerprint density at radius 3 is 2.19 bits per heavy atom. The number of nitrogens with zero attached hydrogens (tertiary/aromatic N) is 1. The lowest BCUT2D eigenvalue weighted by atomic mass is 9.93. The maximum atomic E-state index is 12.2. The van der Waals surface area contributed by atoms with Crippen LogP contribution in [-0.4, -0.2) is 48.4 Å². The molecule has 0 radical (unpaired) electrons. The Bertz CT molecular complexity index is 377. The molecule has 0 unspecified atom stereocenters. The second kappa shape index (κ2) is 6.77. The first-order chi connectivity index (χ1) is 9.86. The first-order valence-corrected chi connectivity index (χ1v) is 8.18. The second-order valence-electron chi connectivity index (χ2n) is 7.36. The van der Waals surface area contributed by atoms with Crippen LogP contribution >= 0.6 is 0 Å². The van der Waals surface area contributed by atoms with Gasteiger partial charge in [0, 0.05) is 43.6 Å². The van der Waals surface area contributed by atoms with Crippen molar-refractivity contribution in [2.24, 2.45) is 5.41 Å². The van der Waals surface area contributed by atoms with Crippen molar-refractivity contribution in [2.45, 2.75) is 65.0 Å². The van der Waals surface area contributed by atoms with E-state index in [4.69, 9.17) is 0 Å². The molecule has 0 aromatic heterocycles. The predicted octanol–water partition coefficient (Wildman–Crippen LogP) is 1.28. The molecule has 21 heavy (non-hydrogen) atoms. The van der Waals surface area contributed by atoms with Gasteiger partial charge in [0.25, 0.3) is 0 Å². The van der Waals surface area contributed by atoms with Gasteiger partial charge >= 0.3 is 0 Å². The van der Waals surface area contributed by atoms with Gasteiger partial charge in [0.2, 0.25) is 11.8 Å². The van der Waals surface area contributed by atoms with Crippen molar-refractivity contribution in [3.05, 3.63) is 0 Å². The Morgan fingerprint density at radius 2 is 1.67 bits per heavy atom. The minimum absolute atomic E-state index is 0.128. The van der Waals surface area contributed by atoms with Gasteiger partial charge in [-0.3, -0.25) is 9.59 Å². The number of amides is 2. The van der Waals surface area contributed by atoms with E-state index < -0.39 is 0 Å². The first kappa shape index (κ1) is 16.3. The third kappa shape index (κ3) is 5.30. The molecule has 5 heteroatoms. The molecule has 2 rings (SSSR count). The third-order valence-electron chi connectivity index (χ3n) is 4.15. The van der Waals surface area contributed by atoms with Crippen molar-refractivity contribution in [1.82, 2.24) is 15.5 Å². The first-order valence-electron chi connectivity index (χ1n) is 8.18. The molecule has 120 valence electrons. The SMILES string of the molecule is CC(C)(C)C(=O)N1CCC(NC(=O)CCNC2CC2)CC1. The zero-order chi connectivity index (χ0) is 15.5. The summed E-state index contributed by atoms with van der Waals surface area (Å²) in [6.45, 7) is 8.14. The number of likely N-dealkylation sites (tertiary alicyclic amines) is 1. The average Bonchev–Trinajstić information content (AvgIpc) is 3.22. The highest BCUT2D eigenvalue weighted by atomic mass is 16.2. The van der Waals surface area contributed by atoms with Crippen LogP contribution in [0.15, 0.2) is 0 Å². The highest BCUT2D eigenvalue weighted by molar-refractivity contribution is 5.81. The van der Waals surface area contributed by atoms with E-state index in [2.05, 4.69) is 10.6 Å². The predicted molar refractivity (Wildman–Crippen MR) is 82.8 cm³/mol. The number of nitrogens with one attached hydrogen (secondary N) is 2. The summed E-state index contributed by atoms with van der Waals surface area (Å²) in [5.41, 5.74) is -0.315. The molecule has 1 aliphatic heterocycles. The minimum atomic E-state index is -0.315. The van der Waals surface area contributed by atoms with Crippen LogP contribution in [0.5, 0.6) is 0 Å². The van der Waals surface area contributed by atoms with E-state index >= 15 is 0 Å². The van der Waals surface area contributed by atoms with Gasteiger partial charge < -0.3 is 15.5 Å². The molecular weight excluding hydrogens is 266 g/mol. The van der Waals surface area contributed by atoms with Gasteiger partial charge in [0.1, 0.15) is 0 Å². The number of piperidine rings is 1. The lowest BCUT2D eigenvalue weighted by Gasteiger charge is -2.36. The van der Waals surface area contributed by atoms with E-state index in [0.717, 1.165) is 32.5 Å².